The van der Waals surface area contributed by atoms with Crippen LogP contribution in [-0.2, 0) is 22.6 Å². The summed E-state index contributed by atoms with van der Waals surface area (Å²) in [6, 6.07) is 8.33. The lowest BCUT2D eigenvalue weighted by Gasteiger charge is -2.33. The molecule has 4 nitrogen and oxygen atoms in total. The topological polar surface area (TPSA) is 57.6 Å². The van der Waals surface area contributed by atoms with Gasteiger partial charge in [-0.05, 0) is 30.9 Å². The Bertz CT molecular complexity index is 504. The number of carbonyl (C=O) groups excluding carboxylic acids is 1. The molecule has 1 aliphatic carbocycles. The normalized spacial score (nSPS) is 15.9. The van der Waals surface area contributed by atoms with Gasteiger partial charge in [0.2, 0.25) is 0 Å². The molecule has 0 unspecified atom stereocenters. The van der Waals surface area contributed by atoms with Gasteiger partial charge < -0.3 is 5.11 Å². The van der Waals surface area contributed by atoms with Gasteiger partial charge in [0.15, 0.2) is 0 Å². The lowest BCUT2D eigenvalue weighted by atomic mass is 9.93. The molecule has 22 heavy (non-hydrogen) atoms. The van der Waals surface area contributed by atoms with Gasteiger partial charge in [0.1, 0.15) is 5.78 Å². The number of carbonyl (C=O) groups is 2. The average molecular weight is 303 g/mol. The molecule has 0 saturated heterocycles. The Morgan fingerprint density at radius 1 is 1.09 bits per heavy atom. The minimum atomic E-state index is -0.765. The maximum atomic E-state index is 11.1. The van der Waals surface area contributed by atoms with Crippen molar-refractivity contribution in [1.82, 2.24) is 4.90 Å². The fraction of sp³-hybridized carbons (Fsp3) is 0.556. The highest BCUT2D eigenvalue weighted by molar-refractivity contribution is 5.78. The number of nitrogens with zero attached hydrogens (tertiary/aromatic N) is 1. The van der Waals surface area contributed by atoms with Crippen LogP contribution < -0.4 is 0 Å². The van der Waals surface area contributed by atoms with Gasteiger partial charge in [-0.3, -0.25) is 14.5 Å². The summed E-state index contributed by atoms with van der Waals surface area (Å²) in [5.74, 6) is -0.610. The Morgan fingerprint density at radius 3 is 2.23 bits per heavy atom. The van der Waals surface area contributed by atoms with Crippen LogP contribution in [0.3, 0.4) is 0 Å². The Morgan fingerprint density at radius 2 is 1.68 bits per heavy atom. The third-order valence-electron chi connectivity index (χ3n) is 4.29. The average Bonchev–Trinajstić information content (AvgIpc) is 2.48. The summed E-state index contributed by atoms with van der Waals surface area (Å²) in [5, 5.41) is 9.16. The summed E-state index contributed by atoms with van der Waals surface area (Å²) >= 11 is 0. The van der Waals surface area contributed by atoms with E-state index in [0.717, 1.165) is 24.0 Å². The molecule has 1 saturated carbocycles. The number of benzene rings is 1. The highest BCUT2D eigenvalue weighted by atomic mass is 16.4. The van der Waals surface area contributed by atoms with E-state index in [4.69, 9.17) is 5.11 Å². The van der Waals surface area contributed by atoms with Gasteiger partial charge in [-0.2, -0.15) is 0 Å². The predicted octanol–water partition coefficient (Wildman–Crippen LogP) is 3.04. The largest absolute Gasteiger partial charge is 0.480 e. The van der Waals surface area contributed by atoms with Crippen LogP contribution in [0.5, 0.6) is 0 Å². The Kier molecular flexibility index (Phi) is 6.13. The van der Waals surface area contributed by atoms with Crippen LogP contribution in [-0.4, -0.2) is 34.3 Å². The van der Waals surface area contributed by atoms with Crippen molar-refractivity contribution in [2.75, 3.05) is 6.54 Å². The Labute approximate surface area is 132 Å². The van der Waals surface area contributed by atoms with Crippen LogP contribution in [0.1, 0.15) is 50.2 Å². The summed E-state index contributed by atoms with van der Waals surface area (Å²) in [7, 11) is 0. The summed E-state index contributed by atoms with van der Waals surface area (Å²) in [6.07, 6.45) is 6.29. The first-order valence-corrected chi connectivity index (χ1v) is 8.07. The number of ketones is 1. The van der Waals surface area contributed by atoms with E-state index in [1.54, 1.807) is 6.92 Å². The van der Waals surface area contributed by atoms with Gasteiger partial charge >= 0.3 is 5.97 Å². The zero-order valence-electron chi connectivity index (χ0n) is 13.3. The van der Waals surface area contributed by atoms with E-state index in [0.29, 0.717) is 19.0 Å². The third-order valence-corrected chi connectivity index (χ3v) is 4.29. The van der Waals surface area contributed by atoms with Crippen molar-refractivity contribution in [2.45, 2.75) is 58.0 Å². The first-order chi connectivity index (χ1) is 10.5. The van der Waals surface area contributed by atoms with Crippen molar-refractivity contribution in [3.05, 3.63) is 35.4 Å². The molecule has 1 aromatic carbocycles. The van der Waals surface area contributed by atoms with Crippen molar-refractivity contribution in [1.29, 1.82) is 0 Å². The predicted molar refractivity (Wildman–Crippen MR) is 85.7 cm³/mol. The van der Waals surface area contributed by atoms with Crippen LogP contribution in [0.25, 0.3) is 0 Å². The lowest BCUT2D eigenvalue weighted by molar-refractivity contribution is -0.139. The minimum absolute atomic E-state index is 0.0971. The van der Waals surface area contributed by atoms with Crippen molar-refractivity contribution in [3.63, 3.8) is 0 Å². The summed E-state index contributed by atoms with van der Waals surface area (Å²) in [6.45, 7) is 2.35. The number of hydrogen-bond acceptors (Lipinski definition) is 3. The zero-order valence-corrected chi connectivity index (χ0v) is 13.3. The maximum Gasteiger partial charge on any atom is 0.317 e. The lowest BCUT2D eigenvalue weighted by Crippen LogP contribution is -2.39. The zero-order chi connectivity index (χ0) is 15.9. The number of aliphatic carboxylic acids is 1. The van der Waals surface area contributed by atoms with E-state index in [1.807, 2.05) is 24.3 Å². The summed E-state index contributed by atoms with van der Waals surface area (Å²) in [5.41, 5.74) is 2.12. The third kappa shape index (κ3) is 5.26. The van der Waals surface area contributed by atoms with Gasteiger partial charge in [-0.1, -0.05) is 43.5 Å². The number of rotatable bonds is 7. The van der Waals surface area contributed by atoms with Gasteiger partial charge in [-0.15, -0.1) is 0 Å². The highest BCUT2D eigenvalue weighted by Crippen LogP contribution is 2.24. The molecule has 120 valence electrons. The molecule has 1 N–H and O–H groups in total. The number of carboxylic acids is 1. The first-order valence-electron chi connectivity index (χ1n) is 8.07. The molecular weight excluding hydrogens is 278 g/mol. The molecule has 0 radical (unpaired) electrons. The number of hydrogen-bond donors (Lipinski definition) is 1. The second kappa shape index (κ2) is 8.08. The van der Waals surface area contributed by atoms with E-state index >= 15 is 0 Å². The van der Waals surface area contributed by atoms with Crippen LogP contribution >= 0.6 is 0 Å². The molecule has 2 rings (SSSR count). The molecule has 0 spiro atoms. The van der Waals surface area contributed by atoms with E-state index in [2.05, 4.69) is 4.90 Å². The van der Waals surface area contributed by atoms with E-state index in [1.165, 1.54) is 19.3 Å². The molecule has 0 aliphatic heterocycles. The van der Waals surface area contributed by atoms with Crippen molar-refractivity contribution >= 4 is 11.8 Å². The van der Waals surface area contributed by atoms with E-state index in [-0.39, 0.29) is 12.3 Å². The molecule has 1 aromatic rings. The highest BCUT2D eigenvalue weighted by Gasteiger charge is 2.23. The molecule has 0 bridgehead atoms. The van der Waals surface area contributed by atoms with Gasteiger partial charge in [0, 0.05) is 19.0 Å². The number of carboxylic acid groups (broad SMARTS) is 1. The van der Waals surface area contributed by atoms with Crippen molar-refractivity contribution < 1.29 is 14.7 Å². The SMILES string of the molecule is CC(=O)Cc1ccc(CN(CC(=O)O)C2CCCCC2)cc1. The molecule has 0 atom stereocenters. The smallest absolute Gasteiger partial charge is 0.317 e. The van der Waals surface area contributed by atoms with E-state index < -0.39 is 5.97 Å². The van der Waals surface area contributed by atoms with E-state index in [9.17, 15) is 9.59 Å². The molecule has 1 fully saturated rings. The quantitative estimate of drug-likeness (QED) is 0.841. The second-order valence-corrected chi connectivity index (χ2v) is 6.29. The molecule has 0 heterocycles. The van der Waals surface area contributed by atoms with Crippen molar-refractivity contribution in [2.24, 2.45) is 0 Å². The fourth-order valence-corrected chi connectivity index (χ4v) is 3.22. The maximum absolute atomic E-state index is 11.1. The van der Waals surface area contributed by atoms with Gasteiger partial charge in [-0.25, -0.2) is 0 Å². The van der Waals surface area contributed by atoms with Crippen LogP contribution in [0.15, 0.2) is 24.3 Å². The molecule has 0 aromatic heterocycles. The Balaban J connectivity index is 2.02. The van der Waals surface area contributed by atoms with Gasteiger partial charge in [0.25, 0.3) is 0 Å². The second-order valence-electron chi connectivity index (χ2n) is 6.29. The first kappa shape index (κ1) is 16.7. The standard InChI is InChI=1S/C18H25NO3/c1-14(20)11-15-7-9-16(10-8-15)12-19(13-18(21)22)17-5-3-2-4-6-17/h7-10,17H,2-6,11-13H2,1H3,(H,21,22). The van der Waals surface area contributed by atoms with Crippen LogP contribution in [0, 0.1) is 0 Å². The molecule has 0 amide bonds. The van der Waals surface area contributed by atoms with Crippen LogP contribution in [0.2, 0.25) is 0 Å². The van der Waals surface area contributed by atoms with Crippen LogP contribution in [0.4, 0.5) is 0 Å². The summed E-state index contributed by atoms with van der Waals surface area (Å²) in [4.78, 5) is 24.4. The van der Waals surface area contributed by atoms with Crippen molar-refractivity contribution in [3.8, 4) is 0 Å². The molecule has 1 aliphatic rings. The minimum Gasteiger partial charge on any atom is -0.480 e. The molecule has 4 heteroatoms. The summed E-state index contributed by atoms with van der Waals surface area (Å²) < 4.78 is 0. The number of Topliss-reactive ketones (excluding diaryl/α,β-unsaturated/α-hetero) is 1. The molecular formula is C18H25NO3. The fourth-order valence-electron chi connectivity index (χ4n) is 3.22. The monoisotopic (exact) mass is 303 g/mol. The Hall–Kier alpha value is -1.68. The van der Waals surface area contributed by atoms with Gasteiger partial charge in [0.05, 0.1) is 6.54 Å².